The van der Waals surface area contributed by atoms with Gasteiger partial charge in [-0.3, -0.25) is 0 Å². The fourth-order valence-corrected chi connectivity index (χ4v) is 2.20. The SMILES string of the molecule is CCc1cc(N[C@H](CCO)c2ccccc2)nc(C)n1. The Labute approximate surface area is 119 Å². The third-order valence-corrected chi connectivity index (χ3v) is 3.20. The van der Waals surface area contributed by atoms with E-state index in [1.54, 1.807) is 0 Å². The number of nitrogens with zero attached hydrogens (tertiary/aromatic N) is 2. The predicted molar refractivity (Wildman–Crippen MR) is 80.7 cm³/mol. The minimum absolute atomic E-state index is 0.0557. The fraction of sp³-hybridized carbons (Fsp3) is 0.375. The van der Waals surface area contributed by atoms with Gasteiger partial charge in [-0.25, -0.2) is 9.97 Å². The molecule has 2 N–H and O–H groups in total. The summed E-state index contributed by atoms with van der Waals surface area (Å²) in [5.41, 5.74) is 2.17. The maximum atomic E-state index is 9.26. The lowest BCUT2D eigenvalue weighted by molar-refractivity contribution is 0.280. The lowest BCUT2D eigenvalue weighted by Gasteiger charge is -2.19. The molecule has 1 aromatic heterocycles. The van der Waals surface area contributed by atoms with E-state index < -0.39 is 0 Å². The molecule has 0 unspecified atom stereocenters. The number of aliphatic hydroxyl groups excluding tert-OH is 1. The maximum absolute atomic E-state index is 9.26. The van der Waals surface area contributed by atoms with Crippen molar-refractivity contribution in [3.63, 3.8) is 0 Å². The summed E-state index contributed by atoms with van der Waals surface area (Å²) in [4.78, 5) is 8.80. The molecule has 0 radical (unpaired) electrons. The van der Waals surface area contributed by atoms with Crippen LogP contribution < -0.4 is 5.32 Å². The van der Waals surface area contributed by atoms with E-state index in [9.17, 15) is 5.11 Å². The number of hydrogen-bond acceptors (Lipinski definition) is 4. The second-order valence-electron chi connectivity index (χ2n) is 4.77. The highest BCUT2D eigenvalue weighted by Gasteiger charge is 2.12. The standard InChI is InChI=1S/C16H21N3O/c1-3-14-11-16(18-12(2)17-14)19-15(9-10-20)13-7-5-4-6-8-13/h4-8,11,15,20H,3,9-10H2,1-2H3,(H,17,18,19)/t15-/m1/s1. The van der Waals surface area contributed by atoms with Crippen molar-refractivity contribution in [2.75, 3.05) is 11.9 Å². The van der Waals surface area contributed by atoms with Gasteiger partial charge >= 0.3 is 0 Å². The van der Waals surface area contributed by atoms with Crippen molar-refractivity contribution in [2.24, 2.45) is 0 Å². The predicted octanol–water partition coefficient (Wildman–Crippen LogP) is 2.88. The summed E-state index contributed by atoms with van der Waals surface area (Å²) in [5.74, 6) is 1.58. The minimum Gasteiger partial charge on any atom is -0.396 e. The van der Waals surface area contributed by atoms with Gasteiger partial charge in [0.15, 0.2) is 0 Å². The number of hydrogen-bond donors (Lipinski definition) is 2. The van der Waals surface area contributed by atoms with Gasteiger partial charge in [0, 0.05) is 18.4 Å². The summed E-state index contributed by atoms with van der Waals surface area (Å²) in [5, 5.41) is 12.7. The first-order chi connectivity index (χ1) is 9.72. The van der Waals surface area contributed by atoms with Crippen molar-refractivity contribution in [1.29, 1.82) is 0 Å². The molecule has 2 rings (SSSR count). The summed E-state index contributed by atoms with van der Waals surface area (Å²) in [6.07, 6.45) is 1.53. The second-order valence-corrected chi connectivity index (χ2v) is 4.77. The van der Waals surface area contributed by atoms with Crippen molar-refractivity contribution >= 4 is 5.82 Å². The van der Waals surface area contributed by atoms with Gasteiger partial charge < -0.3 is 10.4 Å². The molecule has 106 valence electrons. The van der Waals surface area contributed by atoms with Crippen molar-refractivity contribution in [2.45, 2.75) is 32.7 Å². The summed E-state index contributed by atoms with van der Waals surface area (Å²) in [7, 11) is 0. The van der Waals surface area contributed by atoms with Crippen LogP contribution >= 0.6 is 0 Å². The number of aryl methyl sites for hydroxylation is 2. The third-order valence-electron chi connectivity index (χ3n) is 3.20. The molecule has 0 fully saturated rings. The van der Waals surface area contributed by atoms with Crippen LogP contribution in [0.1, 0.15) is 36.5 Å². The number of nitrogens with one attached hydrogen (secondary N) is 1. The topological polar surface area (TPSA) is 58.0 Å². The third kappa shape index (κ3) is 3.78. The molecule has 0 aliphatic heterocycles. The highest BCUT2D eigenvalue weighted by atomic mass is 16.3. The van der Waals surface area contributed by atoms with E-state index >= 15 is 0 Å². The molecule has 1 atom stereocenters. The van der Waals surface area contributed by atoms with Crippen LogP contribution in [0.4, 0.5) is 5.82 Å². The van der Waals surface area contributed by atoms with E-state index in [0.717, 1.165) is 29.3 Å². The Balaban J connectivity index is 2.22. The van der Waals surface area contributed by atoms with E-state index in [0.29, 0.717) is 6.42 Å². The Hall–Kier alpha value is -1.94. The van der Waals surface area contributed by atoms with E-state index in [1.807, 2.05) is 31.2 Å². The van der Waals surface area contributed by atoms with Gasteiger partial charge in [0.25, 0.3) is 0 Å². The van der Waals surface area contributed by atoms with Crippen LogP contribution in [0, 0.1) is 6.92 Å². The Morgan fingerprint density at radius 2 is 1.95 bits per heavy atom. The van der Waals surface area contributed by atoms with Crippen LogP contribution in [0.25, 0.3) is 0 Å². The van der Waals surface area contributed by atoms with Crippen molar-refractivity contribution in [3.8, 4) is 0 Å². The normalized spacial score (nSPS) is 12.2. The van der Waals surface area contributed by atoms with Crippen LogP contribution in [-0.4, -0.2) is 21.7 Å². The minimum atomic E-state index is 0.0557. The van der Waals surface area contributed by atoms with E-state index in [4.69, 9.17) is 0 Å². The molecule has 0 aliphatic carbocycles. The Kier molecular flexibility index (Phi) is 5.07. The molecule has 2 aromatic rings. The summed E-state index contributed by atoms with van der Waals surface area (Å²) in [6.45, 7) is 4.11. The fourth-order valence-electron chi connectivity index (χ4n) is 2.20. The highest BCUT2D eigenvalue weighted by Crippen LogP contribution is 2.21. The van der Waals surface area contributed by atoms with Crippen molar-refractivity contribution < 1.29 is 5.11 Å². The molecule has 0 bridgehead atoms. The van der Waals surface area contributed by atoms with Gasteiger partial charge in [0.05, 0.1) is 6.04 Å². The lowest BCUT2D eigenvalue weighted by atomic mass is 10.0. The van der Waals surface area contributed by atoms with Gasteiger partial charge in [-0.2, -0.15) is 0 Å². The van der Waals surface area contributed by atoms with Crippen LogP contribution in [0.15, 0.2) is 36.4 Å². The van der Waals surface area contributed by atoms with E-state index in [2.05, 4.69) is 34.3 Å². The van der Waals surface area contributed by atoms with Gasteiger partial charge in [-0.15, -0.1) is 0 Å². The zero-order chi connectivity index (χ0) is 14.4. The number of anilines is 1. The molecule has 0 saturated heterocycles. The number of rotatable bonds is 6. The van der Waals surface area contributed by atoms with Crippen molar-refractivity contribution in [3.05, 3.63) is 53.5 Å². The smallest absolute Gasteiger partial charge is 0.130 e. The molecule has 0 saturated carbocycles. The van der Waals surface area contributed by atoms with Gasteiger partial charge in [0.2, 0.25) is 0 Å². The van der Waals surface area contributed by atoms with Gasteiger partial charge in [0.1, 0.15) is 11.6 Å². The molecule has 20 heavy (non-hydrogen) atoms. The van der Waals surface area contributed by atoms with Gasteiger partial charge in [-0.05, 0) is 25.3 Å². The lowest BCUT2D eigenvalue weighted by Crippen LogP contribution is -2.14. The zero-order valence-electron chi connectivity index (χ0n) is 12.0. The average Bonchev–Trinajstić information content (AvgIpc) is 2.47. The summed E-state index contributed by atoms with van der Waals surface area (Å²) in [6, 6.07) is 12.1. The van der Waals surface area contributed by atoms with Gasteiger partial charge in [-0.1, -0.05) is 37.3 Å². The van der Waals surface area contributed by atoms with Crippen LogP contribution in [0.2, 0.25) is 0 Å². The average molecular weight is 271 g/mol. The van der Waals surface area contributed by atoms with Crippen LogP contribution in [0.5, 0.6) is 0 Å². The van der Waals surface area contributed by atoms with Crippen LogP contribution in [-0.2, 0) is 6.42 Å². The molecule has 0 amide bonds. The molecule has 1 aromatic carbocycles. The number of benzene rings is 1. The first-order valence-corrected chi connectivity index (χ1v) is 6.99. The first kappa shape index (κ1) is 14.5. The number of aliphatic hydroxyl groups is 1. The second kappa shape index (κ2) is 7.01. The van der Waals surface area contributed by atoms with E-state index in [1.165, 1.54) is 0 Å². The molecular formula is C16H21N3O. The monoisotopic (exact) mass is 271 g/mol. The largest absolute Gasteiger partial charge is 0.396 e. The quantitative estimate of drug-likeness (QED) is 0.848. The molecule has 0 spiro atoms. The molecule has 4 nitrogen and oxygen atoms in total. The summed E-state index contributed by atoms with van der Waals surface area (Å²) >= 11 is 0. The van der Waals surface area contributed by atoms with E-state index in [-0.39, 0.29) is 12.6 Å². The Bertz CT molecular complexity index is 543. The molecule has 4 heteroatoms. The molecule has 1 heterocycles. The Morgan fingerprint density at radius 3 is 2.60 bits per heavy atom. The maximum Gasteiger partial charge on any atom is 0.130 e. The van der Waals surface area contributed by atoms with Crippen LogP contribution in [0.3, 0.4) is 0 Å². The highest BCUT2D eigenvalue weighted by molar-refractivity contribution is 5.39. The van der Waals surface area contributed by atoms with Crippen molar-refractivity contribution in [1.82, 2.24) is 9.97 Å². The molecular weight excluding hydrogens is 250 g/mol. The zero-order valence-corrected chi connectivity index (χ0v) is 12.0. The Morgan fingerprint density at radius 1 is 1.20 bits per heavy atom. The summed E-state index contributed by atoms with van der Waals surface area (Å²) < 4.78 is 0. The first-order valence-electron chi connectivity index (χ1n) is 6.99. The molecule has 0 aliphatic rings. The number of aromatic nitrogens is 2.